The summed E-state index contributed by atoms with van der Waals surface area (Å²) in [5.41, 5.74) is 2.78. The molecule has 0 saturated carbocycles. The van der Waals surface area contributed by atoms with Gasteiger partial charge in [0.2, 0.25) is 0 Å². The summed E-state index contributed by atoms with van der Waals surface area (Å²) in [5, 5.41) is 10.6. The standard InChI is InChI=1S/C18H22N4O/c1-12(2)18(23)10-22(11-18)17-14-6-3-7-15(14)20-16(21-17)13-5-4-8-19-9-13/h4-5,8-9,12,23H,3,6-7,10-11H2,1-2H3. The van der Waals surface area contributed by atoms with Gasteiger partial charge in [-0.1, -0.05) is 13.8 Å². The number of β-amino-alcohol motifs (C(OH)–C–C–N with tert-alkyl or cyclic N) is 1. The minimum absolute atomic E-state index is 0.256. The predicted molar refractivity (Wildman–Crippen MR) is 89.3 cm³/mol. The number of pyridine rings is 1. The maximum atomic E-state index is 10.6. The van der Waals surface area contributed by atoms with Crippen LogP contribution < -0.4 is 4.90 Å². The van der Waals surface area contributed by atoms with Crippen LogP contribution in [0.1, 0.15) is 31.5 Å². The number of hydrogen-bond acceptors (Lipinski definition) is 5. The van der Waals surface area contributed by atoms with Gasteiger partial charge in [0.1, 0.15) is 11.4 Å². The first-order valence-corrected chi connectivity index (χ1v) is 8.34. The number of aryl methyl sites for hydroxylation is 1. The van der Waals surface area contributed by atoms with Crippen molar-refractivity contribution >= 4 is 5.82 Å². The van der Waals surface area contributed by atoms with E-state index in [1.54, 1.807) is 12.4 Å². The summed E-state index contributed by atoms with van der Waals surface area (Å²) in [6.45, 7) is 5.45. The molecule has 3 heterocycles. The van der Waals surface area contributed by atoms with E-state index in [1.165, 1.54) is 5.56 Å². The fourth-order valence-corrected chi connectivity index (χ4v) is 3.43. The largest absolute Gasteiger partial charge is 0.386 e. The molecule has 1 aliphatic heterocycles. The van der Waals surface area contributed by atoms with E-state index in [1.807, 2.05) is 12.1 Å². The molecule has 0 bridgehead atoms. The van der Waals surface area contributed by atoms with Gasteiger partial charge in [-0.2, -0.15) is 0 Å². The molecule has 0 amide bonds. The molecular formula is C18H22N4O. The van der Waals surface area contributed by atoms with Crippen LogP contribution in [-0.4, -0.2) is 38.7 Å². The zero-order chi connectivity index (χ0) is 16.0. The fraction of sp³-hybridized carbons (Fsp3) is 0.500. The molecule has 5 nitrogen and oxygen atoms in total. The van der Waals surface area contributed by atoms with E-state index < -0.39 is 5.60 Å². The number of hydrogen-bond donors (Lipinski definition) is 1. The number of rotatable bonds is 3. The molecule has 5 heteroatoms. The Hall–Kier alpha value is -2.01. The lowest BCUT2D eigenvalue weighted by Gasteiger charge is -2.50. The second kappa shape index (κ2) is 5.27. The van der Waals surface area contributed by atoms with Gasteiger partial charge in [-0.15, -0.1) is 0 Å². The van der Waals surface area contributed by atoms with Crippen molar-refractivity contribution in [3.63, 3.8) is 0 Å². The van der Waals surface area contributed by atoms with Crippen molar-refractivity contribution in [2.75, 3.05) is 18.0 Å². The van der Waals surface area contributed by atoms with Gasteiger partial charge in [0.05, 0.1) is 13.1 Å². The molecule has 0 atom stereocenters. The van der Waals surface area contributed by atoms with Crippen LogP contribution in [-0.2, 0) is 12.8 Å². The summed E-state index contributed by atoms with van der Waals surface area (Å²) in [4.78, 5) is 16.0. The number of fused-ring (bicyclic) bond motifs is 1. The first-order valence-electron chi connectivity index (χ1n) is 8.34. The highest BCUT2D eigenvalue weighted by molar-refractivity contribution is 5.62. The van der Waals surface area contributed by atoms with Crippen LogP contribution >= 0.6 is 0 Å². The molecule has 0 unspecified atom stereocenters. The van der Waals surface area contributed by atoms with Crippen molar-refractivity contribution in [3.05, 3.63) is 35.8 Å². The molecular weight excluding hydrogens is 288 g/mol. The van der Waals surface area contributed by atoms with Gasteiger partial charge < -0.3 is 10.0 Å². The molecule has 2 aliphatic rings. The Labute approximate surface area is 136 Å². The number of anilines is 1. The van der Waals surface area contributed by atoms with E-state index in [0.29, 0.717) is 13.1 Å². The first kappa shape index (κ1) is 14.6. The van der Waals surface area contributed by atoms with E-state index in [4.69, 9.17) is 9.97 Å². The molecule has 4 rings (SSSR count). The third-order valence-electron chi connectivity index (χ3n) is 5.13. The third-order valence-corrected chi connectivity index (χ3v) is 5.13. The summed E-state index contributed by atoms with van der Waals surface area (Å²) in [7, 11) is 0. The van der Waals surface area contributed by atoms with E-state index in [0.717, 1.165) is 42.2 Å². The molecule has 1 saturated heterocycles. The highest BCUT2D eigenvalue weighted by Gasteiger charge is 2.45. The molecule has 1 N–H and O–H groups in total. The van der Waals surface area contributed by atoms with E-state index >= 15 is 0 Å². The Bertz CT molecular complexity index is 723. The zero-order valence-electron chi connectivity index (χ0n) is 13.7. The monoisotopic (exact) mass is 310 g/mol. The summed E-state index contributed by atoms with van der Waals surface area (Å²) in [5.74, 6) is 2.01. The van der Waals surface area contributed by atoms with E-state index in [9.17, 15) is 5.11 Å². The molecule has 0 radical (unpaired) electrons. The van der Waals surface area contributed by atoms with Gasteiger partial charge in [0.25, 0.3) is 0 Å². The van der Waals surface area contributed by atoms with Gasteiger partial charge in [0, 0.05) is 29.2 Å². The van der Waals surface area contributed by atoms with Gasteiger partial charge in [-0.3, -0.25) is 4.98 Å². The quantitative estimate of drug-likeness (QED) is 0.942. The summed E-state index contributed by atoms with van der Waals surface area (Å²) in [6, 6.07) is 3.90. The van der Waals surface area contributed by atoms with Crippen LogP contribution in [0.15, 0.2) is 24.5 Å². The van der Waals surface area contributed by atoms with Crippen molar-refractivity contribution in [3.8, 4) is 11.4 Å². The molecule has 120 valence electrons. The predicted octanol–water partition coefficient (Wildman–Crippen LogP) is 2.23. The fourth-order valence-electron chi connectivity index (χ4n) is 3.43. The summed E-state index contributed by atoms with van der Waals surface area (Å²) >= 11 is 0. The van der Waals surface area contributed by atoms with Crippen molar-refractivity contribution in [1.29, 1.82) is 0 Å². The van der Waals surface area contributed by atoms with E-state index in [2.05, 4.69) is 23.7 Å². The second-order valence-corrected chi connectivity index (χ2v) is 7.01. The van der Waals surface area contributed by atoms with E-state index in [-0.39, 0.29) is 5.92 Å². The van der Waals surface area contributed by atoms with Crippen LogP contribution in [0.2, 0.25) is 0 Å². The summed E-state index contributed by atoms with van der Waals surface area (Å²) < 4.78 is 0. The van der Waals surface area contributed by atoms with Crippen molar-refractivity contribution < 1.29 is 5.11 Å². The second-order valence-electron chi connectivity index (χ2n) is 7.01. The zero-order valence-corrected chi connectivity index (χ0v) is 13.7. The number of aliphatic hydroxyl groups is 1. The molecule has 23 heavy (non-hydrogen) atoms. The highest BCUT2D eigenvalue weighted by atomic mass is 16.3. The maximum Gasteiger partial charge on any atom is 0.163 e. The van der Waals surface area contributed by atoms with Crippen molar-refractivity contribution in [1.82, 2.24) is 15.0 Å². The van der Waals surface area contributed by atoms with Crippen molar-refractivity contribution in [2.45, 2.75) is 38.7 Å². The topological polar surface area (TPSA) is 62.1 Å². The first-order chi connectivity index (χ1) is 11.1. The molecule has 1 aliphatic carbocycles. The normalized spacial score (nSPS) is 18.9. The van der Waals surface area contributed by atoms with Gasteiger partial charge >= 0.3 is 0 Å². The van der Waals surface area contributed by atoms with Gasteiger partial charge in [0.15, 0.2) is 5.82 Å². The lowest BCUT2D eigenvalue weighted by Crippen LogP contribution is -2.65. The lowest BCUT2D eigenvalue weighted by atomic mass is 9.83. The summed E-state index contributed by atoms with van der Waals surface area (Å²) in [6.07, 6.45) is 6.75. The minimum atomic E-state index is -0.592. The third kappa shape index (κ3) is 2.39. The number of aromatic nitrogens is 3. The Balaban J connectivity index is 1.71. The van der Waals surface area contributed by atoms with Crippen LogP contribution in [0, 0.1) is 5.92 Å². The van der Waals surface area contributed by atoms with Crippen LogP contribution in [0.5, 0.6) is 0 Å². The van der Waals surface area contributed by atoms with Gasteiger partial charge in [-0.25, -0.2) is 9.97 Å². The Morgan fingerprint density at radius 2 is 2.04 bits per heavy atom. The lowest BCUT2D eigenvalue weighted by molar-refractivity contribution is -0.0305. The average Bonchev–Trinajstić information content (AvgIpc) is 3.00. The molecule has 0 aromatic carbocycles. The highest BCUT2D eigenvalue weighted by Crippen LogP contribution is 2.37. The molecule has 2 aromatic rings. The Morgan fingerprint density at radius 3 is 2.74 bits per heavy atom. The molecule has 0 spiro atoms. The Morgan fingerprint density at radius 1 is 1.22 bits per heavy atom. The van der Waals surface area contributed by atoms with Crippen molar-refractivity contribution in [2.24, 2.45) is 5.92 Å². The van der Waals surface area contributed by atoms with Crippen LogP contribution in [0.4, 0.5) is 5.82 Å². The maximum absolute atomic E-state index is 10.6. The van der Waals surface area contributed by atoms with Gasteiger partial charge in [-0.05, 0) is 37.3 Å². The smallest absolute Gasteiger partial charge is 0.163 e. The number of nitrogens with zero attached hydrogens (tertiary/aromatic N) is 4. The SMILES string of the molecule is CC(C)C1(O)CN(c2nc(-c3cccnc3)nc3c2CCC3)C1. The molecule has 1 fully saturated rings. The minimum Gasteiger partial charge on any atom is -0.386 e. The van der Waals surface area contributed by atoms with Crippen LogP contribution in [0.3, 0.4) is 0 Å². The average molecular weight is 310 g/mol. The Kier molecular flexibility index (Phi) is 3.34. The van der Waals surface area contributed by atoms with Crippen LogP contribution in [0.25, 0.3) is 11.4 Å². The molecule has 2 aromatic heterocycles.